The molecule has 0 bridgehead atoms. The van der Waals surface area contributed by atoms with Crippen LogP contribution >= 0.6 is 15.9 Å². The van der Waals surface area contributed by atoms with Crippen LogP contribution in [0.4, 0.5) is 0 Å². The van der Waals surface area contributed by atoms with E-state index in [0.29, 0.717) is 27.3 Å². The lowest BCUT2D eigenvalue weighted by molar-refractivity contribution is 0.0686. The predicted octanol–water partition coefficient (Wildman–Crippen LogP) is 2.54. The highest BCUT2D eigenvalue weighted by Crippen LogP contribution is 2.50. The maximum absolute atomic E-state index is 10.9. The third-order valence-electron chi connectivity index (χ3n) is 2.75. The fourth-order valence-electron chi connectivity index (χ4n) is 1.91. The van der Waals surface area contributed by atoms with Crippen molar-refractivity contribution in [2.75, 3.05) is 13.9 Å². The number of rotatable bonds is 3. The summed E-state index contributed by atoms with van der Waals surface area (Å²) in [6.07, 6.45) is 0. The highest BCUT2D eigenvalue weighted by molar-refractivity contribution is 9.10. The lowest BCUT2D eigenvalue weighted by Crippen LogP contribution is -1.95. The maximum atomic E-state index is 10.9. The van der Waals surface area contributed by atoms with Crippen molar-refractivity contribution >= 4 is 21.9 Å². The van der Waals surface area contributed by atoms with Gasteiger partial charge in [0.1, 0.15) is 11.3 Å². The Morgan fingerprint density at radius 1 is 1.45 bits per heavy atom. The van der Waals surface area contributed by atoms with Gasteiger partial charge in [0.2, 0.25) is 6.79 Å². The minimum atomic E-state index is -1.18. The summed E-state index contributed by atoms with van der Waals surface area (Å²) in [5.41, 5.74) is 0.254. The van der Waals surface area contributed by atoms with Crippen molar-refractivity contribution in [2.45, 2.75) is 0 Å². The summed E-state index contributed by atoms with van der Waals surface area (Å²) in [4.78, 5) is 10.9. The molecule has 8 heteroatoms. The second-order valence-corrected chi connectivity index (χ2v) is 4.74. The minimum absolute atomic E-state index is 0.0713. The van der Waals surface area contributed by atoms with Crippen molar-refractivity contribution in [3.05, 3.63) is 22.3 Å². The Kier molecular flexibility index (Phi) is 3.01. The highest BCUT2D eigenvalue weighted by atomic mass is 79.9. The van der Waals surface area contributed by atoms with Gasteiger partial charge in [-0.3, -0.25) is 0 Å². The zero-order chi connectivity index (χ0) is 14.3. The Bertz CT molecular complexity index is 692. The van der Waals surface area contributed by atoms with Crippen LogP contribution in [-0.4, -0.2) is 30.1 Å². The SMILES string of the molecule is COc1c(Br)cc2c(c1-c1cc(C(=O)O)no1)OCO2. The largest absolute Gasteiger partial charge is 0.495 e. The molecule has 2 aromatic rings. The van der Waals surface area contributed by atoms with Crippen LogP contribution in [0.3, 0.4) is 0 Å². The lowest BCUT2D eigenvalue weighted by Gasteiger charge is -2.10. The number of aromatic nitrogens is 1. The number of hydrogen-bond acceptors (Lipinski definition) is 6. The summed E-state index contributed by atoms with van der Waals surface area (Å²) in [6.45, 7) is 0.0713. The van der Waals surface area contributed by atoms with Crippen LogP contribution in [0.15, 0.2) is 21.1 Å². The highest BCUT2D eigenvalue weighted by Gasteiger charge is 2.28. The number of carboxylic acid groups (broad SMARTS) is 1. The van der Waals surface area contributed by atoms with E-state index in [4.69, 9.17) is 23.8 Å². The molecule has 7 nitrogen and oxygen atoms in total. The van der Waals surface area contributed by atoms with Crippen LogP contribution < -0.4 is 14.2 Å². The van der Waals surface area contributed by atoms with E-state index in [9.17, 15) is 4.79 Å². The molecule has 0 atom stereocenters. The van der Waals surface area contributed by atoms with Gasteiger partial charge >= 0.3 is 5.97 Å². The van der Waals surface area contributed by atoms with E-state index in [2.05, 4.69) is 21.1 Å². The van der Waals surface area contributed by atoms with Gasteiger partial charge in [-0.2, -0.15) is 0 Å². The van der Waals surface area contributed by atoms with Crippen molar-refractivity contribution in [3.8, 4) is 28.6 Å². The number of methoxy groups -OCH3 is 1. The molecule has 1 aromatic carbocycles. The number of nitrogens with zero attached hydrogens (tertiary/aromatic N) is 1. The zero-order valence-corrected chi connectivity index (χ0v) is 11.8. The zero-order valence-electron chi connectivity index (χ0n) is 10.2. The minimum Gasteiger partial charge on any atom is -0.495 e. The molecule has 0 aliphatic carbocycles. The number of carbonyl (C=O) groups is 1. The molecule has 1 N–H and O–H groups in total. The van der Waals surface area contributed by atoms with E-state index in [1.807, 2.05) is 0 Å². The van der Waals surface area contributed by atoms with Crippen LogP contribution in [0.2, 0.25) is 0 Å². The van der Waals surface area contributed by atoms with E-state index in [0.717, 1.165) is 0 Å². The van der Waals surface area contributed by atoms with Crippen molar-refractivity contribution in [3.63, 3.8) is 0 Å². The molecule has 0 amide bonds. The van der Waals surface area contributed by atoms with Gasteiger partial charge < -0.3 is 23.8 Å². The summed E-state index contributed by atoms with van der Waals surface area (Å²) in [6, 6.07) is 3.01. The van der Waals surface area contributed by atoms with Gasteiger partial charge in [-0.15, -0.1) is 0 Å². The van der Waals surface area contributed by atoms with Crippen LogP contribution in [0.5, 0.6) is 17.2 Å². The first-order valence-corrected chi connectivity index (χ1v) is 6.27. The fourth-order valence-corrected chi connectivity index (χ4v) is 2.48. The Morgan fingerprint density at radius 2 is 2.25 bits per heavy atom. The Hall–Kier alpha value is -2.22. The third-order valence-corrected chi connectivity index (χ3v) is 3.34. The molecular weight excluding hydrogens is 334 g/mol. The molecule has 0 saturated carbocycles. The van der Waals surface area contributed by atoms with Crippen molar-refractivity contribution < 1.29 is 28.6 Å². The van der Waals surface area contributed by atoms with E-state index in [1.54, 1.807) is 6.07 Å². The molecule has 0 unspecified atom stereocenters. The molecule has 1 aromatic heterocycles. The van der Waals surface area contributed by atoms with Gasteiger partial charge in [0.05, 0.1) is 11.6 Å². The lowest BCUT2D eigenvalue weighted by atomic mass is 10.1. The van der Waals surface area contributed by atoms with E-state index >= 15 is 0 Å². The van der Waals surface area contributed by atoms with E-state index in [-0.39, 0.29) is 18.2 Å². The molecular formula is C12H8BrNO6. The smallest absolute Gasteiger partial charge is 0.358 e. The standard InChI is InChI=1S/C12H8BrNO6/c1-17-10-5(13)2-8-11(19-4-18-8)9(10)7-3-6(12(15)16)14-20-7/h2-3H,4H2,1H3,(H,15,16). The van der Waals surface area contributed by atoms with E-state index in [1.165, 1.54) is 13.2 Å². The Morgan fingerprint density at radius 3 is 2.90 bits per heavy atom. The number of hydrogen-bond donors (Lipinski definition) is 1. The first-order chi connectivity index (χ1) is 9.61. The molecule has 2 heterocycles. The number of fused-ring (bicyclic) bond motifs is 1. The molecule has 3 rings (SSSR count). The first kappa shape index (κ1) is 12.8. The normalized spacial score (nSPS) is 12.5. The van der Waals surface area contributed by atoms with Gasteiger partial charge in [-0.1, -0.05) is 5.16 Å². The number of carboxylic acids is 1. The molecule has 0 fully saturated rings. The third kappa shape index (κ3) is 1.88. The predicted molar refractivity (Wildman–Crippen MR) is 69.3 cm³/mol. The molecule has 104 valence electrons. The van der Waals surface area contributed by atoms with Gasteiger partial charge in [0.25, 0.3) is 0 Å². The van der Waals surface area contributed by atoms with Gasteiger partial charge in [0, 0.05) is 12.1 Å². The summed E-state index contributed by atoms with van der Waals surface area (Å²) < 4.78 is 21.7. The average Bonchev–Trinajstić information content (AvgIpc) is 3.05. The van der Waals surface area contributed by atoms with Crippen LogP contribution in [0, 0.1) is 0 Å². The molecule has 1 aliphatic heterocycles. The topological polar surface area (TPSA) is 91.0 Å². The summed E-state index contributed by atoms with van der Waals surface area (Å²) in [5, 5.41) is 12.4. The molecule has 20 heavy (non-hydrogen) atoms. The molecule has 0 spiro atoms. The fraction of sp³-hybridized carbons (Fsp3) is 0.167. The maximum Gasteiger partial charge on any atom is 0.358 e. The first-order valence-electron chi connectivity index (χ1n) is 5.48. The second kappa shape index (κ2) is 4.71. The van der Waals surface area contributed by atoms with Crippen molar-refractivity contribution in [1.82, 2.24) is 5.16 Å². The van der Waals surface area contributed by atoms with Crippen molar-refractivity contribution in [2.24, 2.45) is 0 Å². The summed E-state index contributed by atoms with van der Waals surface area (Å²) in [5.74, 6) is 0.437. The van der Waals surface area contributed by atoms with Crippen LogP contribution in [0.1, 0.15) is 10.5 Å². The second-order valence-electron chi connectivity index (χ2n) is 3.88. The van der Waals surface area contributed by atoms with Crippen LogP contribution in [0.25, 0.3) is 11.3 Å². The van der Waals surface area contributed by atoms with Crippen molar-refractivity contribution in [1.29, 1.82) is 0 Å². The van der Waals surface area contributed by atoms with Gasteiger partial charge in [-0.25, -0.2) is 4.79 Å². The molecule has 1 aliphatic rings. The summed E-state index contributed by atoms with van der Waals surface area (Å²) in [7, 11) is 1.49. The molecule has 0 saturated heterocycles. The number of aromatic carboxylic acids is 1. The number of benzene rings is 1. The summed E-state index contributed by atoms with van der Waals surface area (Å²) >= 11 is 3.35. The van der Waals surface area contributed by atoms with Gasteiger partial charge in [0.15, 0.2) is 23.0 Å². The number of halogens is 1. The molecule has 0 radical (unpaired) electrons. The monoisotopic (exact) mass is 341 g/mol. The van der Waals surface area contributed by atoms with Crippen LogP contribution in [-0.2, 0) is 0 Å². The Balaban J connectivity index is 2.23. The Labute approximate surface area is 121 Å². The van der Waals surface area contributed by atoms with E-state index < -0.39 is 5.97 Å². The quantitative estimate of drug-likeness (QED) is 0.916. The van der Waals surface area contributed by atoms with Gasteiger partial charge in [-0.05, 0) is 15.9 Å². The number of ether oxygens (including phenoxy) is 3. The average molecular weight is 342 g/mol.